The summed E-state index contributed by atoms with van der Waals surface area (Å²) in [5.74, 6) is -0.277. The van der Waals surface area contributed by atoms with Crippen molar-refractivity contribution in [2.24, 2.45) is 0 Å². The Morgan fingerprint density at radius 1 is 1.50 bits per heavy atom. The molecular weight excluding hydrogens is 182 g/mol. The maximum Gasteiger partial charge on any atom is 0.333 e. The van der Waals surface area contributed by atoms with Crippen molar-refractivity contribution >= 4 is 12.0 Å². The molecule has 0 bridgehead atoms. The first kappa shape index (κ1) is 15.1. The number of isocyanates is 1. The number of carbonyl (C=O) groups excluding carboxylic acids is 2. The van der Waals surface area contributed by atoms with Gasteiger partial charge in [-0.1, -0.05) is 26.3 Å². The largest absolute Gasteiger partial charge is 0.462 e. The monoisotopic (exact) mass is 199 g/mol. The van der Waals surface area contributed by atoms with Gasteiger partial charge in [-0.2, -0.15) is 0 Å². The van der Waals surface area contributed by atoms with Gasteiger partial charge in [0, 0.05) is 5.57 Å². The second-order valence-corrected chi connectivity index (χ2v) is 2.73. The van der Waals surface area contributed by atoms with Crippen LogP contribution in [-0.2, 0) is 14.3 Å². The average Bonchev–Trinajstić information content (AvgIpc) is 2.13. The number of hydrogen-bond acceptors (Lipinski definition) is 4. The summed E-state index contributed by atoms with van der Waals surface area (Å²) < 4.78 is 4.87. The van der Waals surface area contributed by atoms with Gasteiger partial charge < -0.3 is 4.74 Å². The molecule has 0 aliphatic heterocycles. The zero-order valence-corrected chi connectivity index (χ0v) is 8.76. The maximum absolute atomic E-state index is 10.8. The van der Waals surface area contributed by atoms with Gasteiger partial charge in [0.15, 0.2) is 0 Å². The first-order valence-corrected chi connectivity index (χ1v) is 4.46. The molecule has 0 aromatic carbocycles. The van der Waals surface area contributed by atoms with E-state index in [0.717, 1.165) is 25.3 Å². The Kier molecular flexibility index (Phi) is 12.5. The summed E-state index contributed by atoms with van der Waals surface area (Å²) >= 11 is 0. The molecule has 0 aromatic rings. The number of nitrogens with one attached hydrogen (secondary N) is 1. The highest BCUT2D eigenvalue weighted by molar-refractivity contribution is 5.86. The summed E-state index contributed by atoms with van der Waals surface area (Å²) in [5, 5.41) is 5.40. The zero-order valence-electron chi connectivity index (χ0n) is 8.76. The van der Waals surface area contributed by atoms with E-state index in [1.165, 1.54) is 0 Å². The van der Waals surface area contributed by atoms with Crippen LogP contribution in [0, 0.1) is 5.41 Å². The molecule has 14 heavy (non-hydrogen) atoms. The van der Waals surface area contributed by atoms with Gasteiger partial charge in [0.25, 0.3) is 0 Å². The van der Waals surface area contributed by atoms with Gasteiger partial charge >= 0.3 is 5.97 Å². The van der Waals surface area contributed by atoms with Crippen LogP contribution in [0.5, 0.6) is 0 Å². The van der Waals surface area contributed by atoms with Crippen LogP contribution in [0.2, 0.25) is 0 Å². The van der Waals surface area contributed by atoms with Gasteiger partial charge in [0.2, 0.25) is 6.08 Å². The molecule has 0 spiro atoms. The quantitative estimate of drug-likeness (QED) is 0.242. The molecule has 0 radical (unpaired) electrons. The van der Waals surface area contributed by atoms with Gasteiger partial charge in [-0.15, -0.1) is 0 Å². The van der Waals surface area contributed by atoms with Crippen molar-refractivity contribution in [2.75, 3.05) is 6.61 Å². The lowest BCUT2D eigenvalue weighted by Gasteiger charge is -2.02. The van der Waals surface area contributed by atoms with Crippen molar-refractivity contribution in [1.82, 2.24) is 0 Å². The SMILES string of the molecule is C=C(C)C(=O)OCCCCC.N=C=O. The van der Waals surface area contributed by atoms with E-state index >= 15 is 0 Å². The number of carbonyl (C=O) groups is 1. The lowest BCUT2D eigenvalue weighted by atomic mass is 10.3. The van der Waals surface area contributed by atoms with E-state index in [0.29, 0.717) is 12.2 Å². The molecule has 0 atom stereocenters. The Labute approximate surface area is 84.5 Å². The molecule has 80 valence electrons. The fraction of sp³-hybridized carbons (Fsp3) is 0.600. The summed E-state index contributed by atoms with van der Waals surface area (Å²) in [6.07, 6.45) is 3.96. The van der Waals surface area contributed by atoms with Crippen LogP contribution in [0.25, 0.3) is 0 Å². The van der Waals surface area contributed by atoms with E-state index in [2.05, 4.69) is 13.5 Å². The minimum absolute atomic E-state index is 0.277. The maximum atomic E-state index is 10.8. The number of rotatable bonds is 5. The minimum atomic E-state index is -0.277. The molecule has 0 aromatic heterocycles. The number of unbranched alkanes of at least 4 members (excludes halogenated alkanes) is 2. The number of hydrogen-bond donors (Lipinski definition) is 1. The summed E-state index contributed by atoms with van der Waals surface area (Å²) in [6, 6.07) is 0. The van der Waals surface area contributed by atoms with Crippen molar-refractivity contribution in [2.45, 2.75) is 33.1 Å². The highest BCUT2D eigenvalue weighted by Crippen LogP contribution is 1.97. The van der Waals surface area contributed by atoms with E-state index < -0.39 is 0 Å². The molecule has 0 saturated carbocycles. The van der Waals surface area contributed by atoms with Crippen LogP contribution in [-0.4, -0.2) is 18.7 Å². The van der Waals surface area contributed by atoms with E-state index in [1.807, 2.05) is 0 Å². The van der Waals surface area contributed by atoms with Crippen LogP contribution in [0.1, 0.15) is 33.1 Å². The van der Waals surface area contributed by atoms with Gasteiger partial charge in [0.05, 0.1) is 6.61 Å². The molecule has 0 unspecified atom stereocenters. The number of esters is 1. The van der Waals surface area contributed by atoms with Crippen molar-refractivity contribution < 1.29 is 14.3 Å². The molecule has 4 nitrogen and oxygen atoms in total. The molecule has 1 N–H and O–H groups in total. The van der Waals surface area contributed by atoms with E-state index in [9.17, 15) is 4.79 Å². The second-order valence-electron chi connectivity index (χ2n) is 2.73. The van der Waals surface area contributed by atoms with Crippen molar-refractivity contribution in [3.63, 3.8) is 0 Å². The van der Waals surface area contributed by atoms with Crippen molar-refractivity contribution in [3.05, 3.63) is 12.2 Å². The van der Waals surface area contributed by atoms with Crippen LogP contribution in [0.4, 0.5) is 0 Å². The molecule has 0 heterocycles. The summed E-state index contributed by atoms with van der Waals surface area (Å²) in [7, 11) is 0. The van der Waals surface area contributed by atoms with E-state index in [-0.39, 0.29) is 5.97 Å². The minimum Gasteiger partial charge on any atom is -0.462 e. The Morgan fingerprint density at radius 3 is 2.36 bits per heavy atom. The molecular formula is C10H17NO3. The third kappa shape index (κ3) is 13.2. The molecule has 0 saturated heterocycles. The normalized spacial score (nSPS) is 7.86. The fourth-order valence-electron chi connectivity index (χ4n) is 0.640. The fourth-order valence-corrected chi connectivity index (χ4v) is 0.640. The third-order valence-corrected chi connectivity index (χ3v) is 1.33. The third-order valence-electron chi connectivity index (χ3n) is 1.33. The van der Waals surface area contributed by atoms with Crippen molar-refractivity contribution in [1.29, 1.82) is 5.41 Å². The lowest BCUT2D eigenvalue weighted by Crippen LogP contribution is -2.05. The van der Waals surface area contributed by atoms with Crippen LogP contribution in [0.3, 0.4) is 0 Å². The van der Waals surface area contributed by atoms with Gasteiger partial charge in [-0.25, -0.2) is 15.0 Å². The van der Waals surface area contributed by atoms with Crippen molar-refractivity contribution in [3.8, 4) is 0 Å². The Balaban J connectivity index is 0. The topological polar surface area (TPSA) is 67.2 Å². The average molecular weight is 199 g/mol. The number of ether oxygens (including phenoxy) is 1. The highest BCUT2D eigenvalue weighted by atomic mass is 16.5. The molecule has 4 heteroatoms. The van der Waals surface area contributed by atoms with Gasteiger partial charge in [-0.05, 0) is 13.3 Å². The molecule has 0 amide bonds. The van der Waals surface area contributed by atoms with Crippen LogP contribution in [0.15, 0.2) is 12.2 Å². The van der Waals surface area contributed by atoms with Gasteiger partial charge in [0.1, 0.15) is 0 Å². The second kappa shape index (κ2) is 11.6. The van der Waals surface area contributed by atoms with Gasteiger partial charge in [-0.3, -0.25) is 0 Å². The first-order chi connectivity index (χ1) is 6.59. The summed E-state index contributed by atoms with van der Waals surface area (Å²) in [4.78, 5) is 19.1. The Bertz CT molecular complexity index is 205. The van der Waals surface area contributed by atoms with E-state index in [4.69, 9.17) is 14.9 Å². The zero-order chi connectivity index (χ0) is 11.4. The van der Waals surface area contributed by atoms with Crippen LogP contribution < -0.4 is 0 Å². The lowest BCUT2D eigenvalue weighted by molar-refractivity contribution is -0.139. The first-order valence-electron chi connectivity index (χ1n) is 4.46. The molecule has 0 aliphatic carbocycles. The van der Waals surface area contributed by atoms with Crippen LogP contribution >= 0.6 is 0 Å². The smallest absolute Gasteiger partial charge is 0.333 e. The Morgan fingerprint density at radius 2 is 2.00 bits per heavy atom. The Hall–Kier alpha value is -1.41. The molecule has 0 rings (SSSR count). The predicted molar refractivity (Wildman–Crippen MR) is 53.7 cm³/mol. The van der Waals surface area contributed by atoms with E-state index in [1.54, 1.807) is 6.92 Å². The predicted octanol–water partition coefficient (Wildman–Crippen LogP) is 2.20. The molecule has 0 aliphatic rings. The highest BCUT2D eigenvalue weighted by Gasteiger charge is 2.00. The summed E-state index contributed by atoms with van der Waals surface area (Å²) in [6.45, 7) is 7.77. The molecule has 0 fully saturated rings. The summed E-state index contributed by atoms with van der Waals surface area (Å²) in [5.41, 5.74) is 0.474. The standard InChI is InChI=1S/C9H16O2.CHNO/c1-4-5-6-7-11-9(10)8(2)3;2-1-3/h2,4-7H2,1,3H3;2H.